The molecule has 3 aromatic carbocycles. The monoisotopic (exact) mass is 405 g/mol. The second-order valence-electron chi connectivity index (χ2n) is 7.71. The summed E-state index contributed by atoms with van der Waals surface area (Å²) in [7, 11) is 0. The molecule has 4 aromatic rings. The molecule has 0 fully saturated rings. The van der Waals surface area contributed by atoms with Crippen molar-refractivity contribution >= 4 is 11.4 Å². The molecule has 1 aliphatic rings. The van der Waals surface area contributed by atoms with E-state index in [4.69, 9.17) is 4.52 Å². The fourth-order valence-electron chi connectivity index (χ4n) is 3.79. The maximum Gasteiger partial charge on any atom is 0.258 e. The maximum atomic E-state index is 5.52. The van der Waals surface area contributed by atoms with Crippen molar-refractivity contribution in [3.05, 3.63) is 109 Å². The first-order chi connectivity index (χ1) is 15.3. The van der Waals surface area contributed by atoms with E-state index in [-0.39, 0.29) is 0 Å². The van der Waals surface area contributed by atoms with Crippen molar-refractivity contribution in [1.29, 1.82) is 0 Å². The molecular weight excluding hydrogens is 382 g/mol. The number of para-hydroxylation sites is 1. The van der Waals surface area contributed by atoms with Gasteiger partial charge in [0, 0.05) is 28.2 Å². The number of nitrogens with zero attached hydrogens (tertiary/aromatic N) is 3. The summed E-state index contributed by atoms with van der Waals surface area (Å²) < 4.78 is 5.52. The Morgan fingerprint density at radius 1 is 0.806 bits per heavy atom. The zero-order valence-electron chi connectivity index (χ0n) is 17.3. The van der Waals surface area contributed by atoms with E-state index >= 15 is 0 Å². The Kier molecular flexibility index (Phi) is 5.19. The van der Waals surface area contributed by atoms with Crippen LogP contribution in [0.1, 0.15) is 13.3 Å². The Labute approximate surface area is 182 Å². The molecule has 0 N–H and O–H groups in total. The third-order valence-corrected chi connectivity index (χ3v) is 5.35. The number of anilines is 2. The standard InChI is InChI=1S/C27H23N3O/c1-20-9-8-14-25(19-20)30(23-12-6-3-7-13-23)24-17-15-22(16-18-24)27-28-26(29-31-27)21-10-4-2-5-11-21/h2-8,10-20H,9H2,1H3. The summed E-state index contributed by atoms with van der Waals surface area (Å²) in [6.45, 7) is 2.25. The van der Waals surface area contributed by atoms with Crippen LogP contribution in [0.3, 0.4) is 0 Å². The summed E-state index contributed by atoms with van der Waals surface area (Å²) in [6.07, 6.45) is 7.84. The van der Waals surface area contributed by atoms with Crippen LogP contribution in [0.25, 0.3) is 22.8 Å². The van der Waals surface area contributed by atoms with Gasteiger partial charge in [0.15, 0.2) is 0 Å². The number of aromatic nitrogens is 2. The van der Waals surface area contributed by atoms with Gasteiger partial charge in [-0.1, -0.05) is 72.8 Å². The summed E-state index contributed by atoms with van der Waals surface area (Å²) in [5.74, 6) is 1.62. The fourth-order valence-corrected chi connectivity index (χ4v) is 3.79. The summed E-state index contributed by atoms with van der Waals surface area (Å²) >= 11 is 0. The highest BCUT2D eigenvalue weighted by Crippen LogP contribution is 2.34. The molecule has 0 saturated heterocycles. The first-order valence-electron chi connectivity index (χ1n) is 10.5. The lowest BCUT2D eigenvalue weighted by atomic mass is 10.00. The van der Waals surface area contributed by atoms with Gasteiger partial charge in [0.1, 0.15) is 0 Å². The molecule has 1 aliphatic carbocycles. The molecule has 5 rings (SSSR count). The highest BCUT2D eigenvalue weighted by molar-refractivity contribution is 5.72. The molecule has 4 nitrogen and oxygen atoms in total. The predicted octanol–water partition coefficient (Wildman–Crippen LogP) is 7.02. The molecule has 1 atom stereocenters. The van der Waals surface area contributed by atoms with Crippen LogP contribution in [0.15, 0.2) is 113 Å². The van der Waals surface area contributed by atoms with Crippen molar-refractivity contribution in [3.8, 4) is 22.8 Å². The van der Waals surface area contributed by atoms with Crippen molar-refractivity contribution in [1.82, 2.24) is 10.1 Å². The van der Waals surface area contributed by atoms with E-state index in [1.165, 1.54) is 5.70 Å². The minimum atomic E-state index is 0.514. The topological polar surface area (TPSA) is 42.2 Å². The molecule has 31 heavy (non-hydrogen) atoms. The SMILES string of the molecule is CC1C=C(N(c2ccccc2)c2ccc(-c3nc(-c4ccccc4)no3)cc2)C=CC1. The van der Waals surface area contributed by atoms with Gasteiger partial charge in [-0.3, -0.25) is 0 Å². The zero-order valence-corrected chi connectivity index (χ0v) is 17.3. The minimum Gasteiger partial charge on any atom is -0.334 e. The second-order valence-corrected chi connectivity index (χ2v) is 7.71. The summed E-state index contributed by atoms with van der Waals surface area (Å²) in [4.78, 5) is 6.85. The molecule has 0 saturated carbocycles. The minimum absolute atomic E-state index is 0.514. The average Bonchev–Trinajstić information content (AvgIpc) is 3.32. The van der Waals surface area contributed by atoms with E-state index in [0.717, 1.165) is 28.9 Å². The molecule has 1 unspecified atom stereocenters. The normalized spacial score (nSPS) is 15.5. The molecule has 0 radical (unpaired) electrons. The van der Waals surface area contributed by atoms with Gasteiger partial charge in [0.05, 0.1) is 0 Å². The molecule has 1 aromatic heterocycles. The van der Waals surface area contributed by atoms with Gasteiger partial charge in [0.25, 0.3) is 5.89 Å². The van der Waals surface area contributed by atoms with Crippen LogP contribution in [-0.2, 0) is 0 Å². The Morgan fingerprint density at radius 2 is 1.48 bits per heavy atom. The average molecular weight is 406 g/mol. The van der Waals surface area contributed by atoms with Crippen LogP contribution in [0.4, 0.5) is 11.4 Å². The number of allylic oxidation sites excluding steroid dienone is 3. The predicted molar refractivity (Wildman–Crippen MR) is 125 cm³/mol. The van der Waals surface area contributed by atoms with Crippen LogP contribution in [0.5, 0.6) is 0 Å². The molecule has 0 bridgehead atoms. The Morgan fingerprint density at radius 3 is 2.19 bits per heavy atom. The van der Waals surface area contributed by atoms with Gasteiger partial charge < -0.3 is 9.42 Å². The lowest BCUT2D eigenvalue weighted by Gasteiger charge is -2.28. The lowest BCUT2D eigenvalue weighted by Crippen LogP contribution is -2.17. The largest absolute Gasteiger partial charge is 0.334 e. The van der Waals surface area contributed by atoms with Crippen LogP contribution < -0.4 is 4.90 Å². The van der Waals surface area contributed by atoms with E-state index in [1.807, 2.05) is 48.5 Å². The van der Waals surface area contributed by atoms with Crippen LogP contribution >= 0.6 is 0 Å². The molecule has 0 amide bonds. The molecule has 152 valence electrons. The summed E-state index contributed by atoms with van der Waals surface area (Å²) in [5, 5.41) is 4.13. The van der Waals surface area contributed by atoms with Crippen molar-refractivity contribution < 1.29 is 4.52 Å². The number of benzene rings is 3. The molecule has 0 spiro atoms. The Bertz CT molecular complexity index is 1210. The lowest BCUT2D eigenvalue weighted by molar-refractivity contribution is 0.432. The highest BCUT2D eigenvalue weighted by atomic mass is 16.5. The Balaban J connectivity index is 1.47. The third kappa shape index (κ3) is 4.05. The summed E-state index contributed by atoms with van der Waals surface area (Å²) in [5.41, 5.74) is 5.23. The quantitative estimate of drug-likeness (QED) is 0.358. The molecule has 1 heterocycles. The smallest absolute Gasteiger partial charge is 0.258 e. The molecule has 4 heteroatoms. The van der Waals surface area contributed by atoms with E-state index in [9.17, 15) is 0 Å². The fraction of sp³-hybridized carbons (Fsp3) is 0.111. The van der Waals surface area contributed by atoms with E-state index < -0.39 is 0 Å². The van der Waals surface area contributed by atoms with Crippen LogP contribution in [0.2, 0.25) is 0 Å². The van der Waals surface area contributed by atoms with Crippen molar-refractivity contribution in [2.24, 2.45) is 5.92 Å². The van der Waals surface area contributed by atoms with E-state index in [1.54, 1.807) is 0 Å². The number of rotatable bonds is 5. The number of hydrogen-bond donors (Lipinski definition) is 0. The highest BCUT2D eigenvalue weighted by Gasteiger charge is 2.17. The van der Waals surface area contributed by atoms with E-state index in [2.05, 4.69) is 76.6 Å². The maximum absolute atomic E-state index is 5.52. The zero-order chi connectivity index (χ0) is 21.0. The van der Waals surface area contributed by atoms with Gasteiger partial charge in [0.2, 0.25) is 5.82 Å². The third-order valence-electron chi connectivity index (χ3n) is 5.35. The molecular formula is C27H23N3O. The summed E-state index contributed by atoms with van der Waals surface area (Å²) in [6, 6.07) is 28.5. The van der Waals surface area contributed by atoms with E-state index in [0.29, 0.717) is 17.6 Å². The van der Waals surface area contributed by atoms with Crippen LogP contribution in [-0.4, -0.2) is 10.1 Å². The number of hydrogen-bond acceptors (Lipinski definition) is 4. The van der Waals surface area contributed by atoms with Gasteiger partial charge >= 0.3 is 0 Å². The van der Waals surface area contributed by atoms with Gasteiger partial charge in [-0.15, -0.1) is 0 Å². The van der Waals surface area contributed by atoms with Gasteiger partial charge in [-0.2, -0.15) is 4.98 Å². The van der Waals surface area contributed by atoms with Crippen molar-refractivity contribution in [3.63, 3.8) is 0 Å². The first-order valence-corrected chi connectivity index (χ1v) is 10.5. The van der Waals surface area contributed by atoms with Crippen LogP contribution in [0, 0.1) is 5.92 Å². The van der Waals surface area contributed by atoms with Crippen molar-refractivity contribution in [2.45, 2.75) is 13.3 Å². The van der Waals surface area contributed by atoms with Gasteiger partial charge in [-0.05, 0) is 54.8 Å². The van der Waals surface area contributed by atoms with Crippen molar-refractivity contribution in [2.75, 3.05) is 4.90 Å². The Hall–Kier alpha value is -3.92. The first kappa shape index (κ1) is 19.1. The van der Waals surface area contributed by atoms with Gasteiger partial charge in [-0.25, -0.2) is 0 Å². The second kappa shape index (κ2) is 8.44. The molecule has 0 aliphatic heterocycles.